The van der Waals surface area contributed by atoms with Crippen LogP contribution in [0.5, 0.6) is 0 Å². The van der Waals surface area contributed by atoms with Gasteiger partial charge in [-0.3, -0.25) is 0 Å². The monoisotopic (exact) mass is 288 g/mol. The molecule has 0 saturated heterocycles. The van der Waals surface area contributed by atoms with Gasteiger partial charge < -0.3 is 14.9 Å². The van der Waals surface area contributed by atoms with Crippen LogP contribution in [0.2, 0.25) is 0 Å². The third-order valence-corrected chi connectivity index (χ3v) is 5.41. The summed E-state index contributed by atoms with van der Waals surface area (Å²) in [6.45, 7) is 7.68. The molecule has 1 aliphatic carbocycles. The number of hydrogen-bond acceptors (Lipinski definition) is 3. The van der Waals surface area contributed by atoms with Crippen molar-refractivity contribution in [1.29, 1.82) is 0 Å². The van der Waals surface area contributed by atoms with Crippen LogP contribution in [0.3, 0.4) is 0 Å². The summed E-state index contributed by atoms with van der Waals surface area (Å²) in [5, 5.41) is 10.5. The third-order valence-electron chi connectivity index (χ3n) is 5.41. The van der Waals surface area contributed by atoms with Crippen LogP contribution in [0.4, 0.5) is 11.4 Å². The summed E-state index contributed by atoms with van der Waals surface area (Å²) >= 11 is 0. The second kappa shape index (κ2) is 5.88. The highest BCUT2D eigenvalue weighted by Gasteiger charge is 2.35. The number of para-hydroxylation sites is 2. The van der Waals surface area contributed by atoms with E-state index in [-0.39, 0.29) is 6.10 Å². The van der Waals surface area contributed by atoms with E-state index in [0.29, 0.717) is 17.8 Å². The second-order valence-corrected chi connectivity index (χ2v) is 7.14. The molecule has 1 aromatic rings. The Balaban J connectivity index is 1.78. The van der Waals surface area contributed by atoms with Crippen molar-refractivity contribution < 1.29 is 5.11 Å². The lowest BCUT2D eigenvalue weighted by Crippen LogP contribution is -2.46. The van der Waals surface area contributed by atoms with Gasteiger partial charge in [-0.1, -0.05) is 26.0 Å². The first-order chi connectivity index (χ1) is 10.1. The number of fused-ring (bicyclic) bond motifs is 1. The minimum Gasteiger partial charge on any atom is -0.393 e. The Morgan fingerprint density at radius 1 is 1.10 bits per heavy atom. The number of likely N-dealkylation sites (N-methyl/N-ethyl adjacent to an activating group) is 1. The molecule has 1 saturated carbocycles. The number of benzene rings is 1. The molecule has 0 radical (unpaired) electrons. The van der Waals surface area contributed by atoms with Gasteiger partial charge in [0.1, 0.15) is 0 Å². The van der Waals surface area contributed by atoms with Gasteiger partial charge in [0, 0.05) is 32.6 Å². The first-order valence-electron chi connectivity index (χ1n) is 8.29. The smallest absolute Gasteiger partial charge is 0.0604 e. The number of rotatable bonds is 2. The summed E-state index contributed by atoms with van der Waals surface area (Å²) in [6.07, 6.45) is 2.07. The summed E-state index contributed by atoms with van der Waals surface area (Å²) in [5.41, 5.74) is 2.64. The molecule has 1 aliphatic heterocycles. The van der Waals surface area contributed by atoms with Gasteiger partial charge in [-0.25, -0.2) is 0 Å². The average Bonchev–Trinajstić information content (AvgIpc) is 2.45. The van der Waals surface area contributed by atoms with E-state index in [1.165, 1.54) is 17.8 Å². The van der Waals surface area contributed by atoms with Crippen LogP contribution in [0.15, 0.2) is 24.3 Å². The SMILES string of the molecule is CC1CC(C)C(CN2CCN(C)c3ccccc32)C(O)C1. The molecule has 4 atom stereocenters. The molecule has 1 N–H and O–H groups in total. The molecule has 1 fully saturated rings. The lowest BCUT2D eigenvalue weighted by molar-refractivity contribution is 0.0200. The molecule has 0 bridgehead atoms. The van der Waals surface area contributed by atoms with Crippen molar-refractivity contribution in [2.24, 2.45) is 17.8 Å². The summed E-state index contributed by atoms with van der Waals surface area (Å²) < 4.78 is 0. The zero-order valence-corrected chi connectivity index (χ0v) is 13.5. The number of aliphatic hydroxyl groups excluding tert-OH is 1. The van der Waals surface area contributed by atoms with Crippen LogP contribution >= 0.6 is 0 Å². The molecule has 1 aromatic carbocycles. The Bertz CT molecular complexity index is 478. The number of hydrogen-bond donors (Lipinski definition) is 1. The molecular formula is C18H28N2O. The molecule has 3 rings (SSSR count). The number of nitrogens with zero attached hydrogens (tertiary/aromatic N) is 2. The van der Waals surface area contributed by atoms with Crippen molar-refractivity contribution in [3.05, 3.63) is 24.3 Å². The van der Waals surface area contributed by atoms with E-state index in [0.717, 1.165) is 26.1 Å². The van der Waals surface area contributed by atoms with Gasteiger partial charge in [-0.05, 0) is 36.8 Å². The minimum atomic E-state index is -0.143. The summed E-state index contributed by atoms with van der Waals surface area (Å²) in [6, 6.07) is 8.64. The molecule has 3 heteroatoms. The quantitative estimate of drug-likeness (QED) is 0.906. The number of aliphatic hydroxyl groups is 1. The average molecular weight is 288 g/mol. The van der Waals surface area contributed by atoms with Gasteiger partial charge in [0.2, 0.25) is 0 Å². The van der Waals surface area contributed by atoms with E-state index in [4.69, 9.17) is 0 Å². The molecule has 0 spiro atoms. The third kappa shape index (κ3) is 2.89. The summed E-state index contributed by atoms with van der Waals surface area (Å²) in [4.78, 5) is 4.81. The first kappa shape index (κ1) is 14.7. The Hall–Kier alpha value is -1.22. The lowest BCUT2D eigenvalue weighted by atomic mass is 9.73. The maximum Gasteiger partial charge on any atom is 0.0604 e. The van der Waals surface area contributed by atoms with Crippen molar-refractivity contribution in [2.75, 3.05) is 36.5 Å². The summed E-state index contributed by atoms with van der Waals surface area (Å²) in [7, 11) is 2.16. The minimum absolute atomic E-state index is 0.143. The van der Waals surface area contributed by atoms with Gasteiger partial charge in [0.25, 0.3) is 0 Å². The van der Waals surface area contributed by atoms with Crippen LogP contribution in [-0.2, 0) is 0 Å². The fourth-order valence-electron chi connectivity index (χ4n) is 4.18. The van der Waals surface area contributed by atoms with Gasteiger partial charge >= 0.3 is 0 Å². The van der Waals surface area contributed by atoms with Crippen molar-refractivity contribution >= 4 is 11.4 Å². The standard InChI is InChI=1S/C18H28N2O/c1-13-10-14(2)15(18(21)11-13)12-20-9-8-19(3)16-6-4-5-7-17(16)20/h4-7,13-15,18,21H,8-12H2,1-3H3. The Labute approximate surface area is 128 Å². The molecule has 0 amide bonds. The highest BCUT2D eigenvalue weighted by molar-refractivity contribution is 5.73. The Morgan fingerprint density at radius 3 is 2.52 bits per heavy atom. The second-order valence-electron chi connectivity index (χ2n) is 7.14. The highest BCUT2D eigenvalue weighted by Crippen LogP contribution is 2.37. The molecule has 2 aliphatic rings. The van der Waals surface area contributed by atoms with Gasteiger partial charge in [-0.15, -0.1) is 0 Å². The molecule has 116 valence electrons. The Kier molecular flexibility index (Phi) is 4.12. The zero-order valence-electron chi connectivity index (χ0n) is 13.5. The van der Waals surface area contributed by atoms with Crippen molar-refractivity contribution in [3.8, 4) is 0 Å². The molecule has 3 nitrogen and oxygen atoms in total. The van der Waals surface area contributed by atoms with Gasteiger partial charge in [0.05, 0.1) is 17.5 Å². The van der Waals surface area contributed by atoms with Crippen molar-refractivity contribution in [3.63, 3.8) is 0 Å². The fourth-order valence-corrected chi connectivity index (χ4v) is 4.18. The van der Waals surface area contributed by atoms with E-state index in [1.54, 1.807) is 0 Å². The van der Waals surface area contributed by atoms with E-state index in [1.807, 2.05) is 0 Å². The first-order valence-corrected chi connectivity index (χ1v) is 8.29. The maximum atomic E-state index is 10.5. The molecule has 0 aromatic heterocycles. The summed E-state index contributed by atoms with van der Waals surface area (Å²) in [5.74, 6) is 1.67. The maximum absolute atomic E-state index is 10.5. The van der Waals surface area contributed by atoms with E-state index in [9.17, 15) is 5.11 Å². The normalized spacial score (nSPS) is 33.0. The predicted molar refractivity (Wildman–Crippen MR) is 89.0 cm³/mol. The van der Waals surface area contributed by atoms with Gasteiger partial charge in [0.15, 0.2) is 0 Å². The van der Waals surface area contributed by atoms with Crippen LogP contribution in [-0.4, -0.2) is 37.9 Å². The van der Waals surface area contributed by atoms with Crippen molar-refractivity contribution in [1.82, 2.24) is 0 Å². The molecule has 21 heavy (non-hydrogen) atoms. The lowest BCUT2D eigenvalue weighted by Gasteiger charge is -2.43. The van der Waals surface area contributed by atoms with Crippen LogP contribution in [0.1, 0.15) is 26.7 Å². The molecular weight excluding hydrogens is 260 g/mol. The Morgan fingerprint density at radius 2 is 1.81 bits per heavy atom. The molecule has 1 heterocycles. The van der Waals surface area contributed by atoms with Crippen LogP contribution < -0.4 is 9.80 Å². The predicted octanol–water partition coefficient (Wildman–Crippen LogP) is 2.99. The fraction of sp³-hybridized carbons (Fsp3) is 0.667. The zero-order chi connectivity index (χ0) is 15.0. The van der Waals surface area contributed by atoms with Crippen LogP contribution in [0.25, 0.3) is 0 Å². The van der Waals surface area contributed by atoms with E-state index >= 15 is 0 Å². The topological polar surface area (TPSA) is 26.7 Å². The van der Waals surface area contributed by atoms with Crippen molar-refractivity contribution in [2.45, 2.75) is 32.8 Å². The molecule has 4 unspecified atom stereocenters. The largest absolute Gasteiger partial charge is 0.393 e. The van der Waals surface area contributed by atoms with E-state index < -0.39 is 0 Å². The number of anilines is 2. The van der Waals surface area contributed by atoms with Gasteiger partial charge in [-0.2, -0.15) is 0 Å². The highest BCUT2D eigenvalue weighted by atomic mass is 16.3. The van der Waals surface area contributed by atoms with E-state index in [2.05, 4.69) is 55.0 Å². The van der Waals surface area contributed by atoms with Crippen LogP contribution in [0, 0.1) is 17.8 Å².